The number of amides is 2. The molecule has 7 nitrogen and oxygen atoms in total. The number of rotatable bonds is 6. The van der Waals surface area contributed by atoms with Crippen LogP contribution in [-0.4, -0.2) is 34.8 Å². The number of likely N-dealkylation sites (tertiary alicyclic amines) is 1. The Morgan fingerprint density at radius 1 is 1.16 bits per heavy atom. The molecule has 1 aliphatic rings. The van der Waals surface area contributed by atoms with Crippen LogP contribution in [0.3, 0.4) is 0 Å². The van der Waals surface area contributed by atoms with E-state index in [1.807, 2.05) is 54.6 Å². The SMILES string of the molecule is Cc1oc(-c2ccccc2)nc1C(=O)Nc1ccccc1CN1CCCC(C(N)=O)C1. The van der Waals surface area contributed by atoms with Gasteiger partial charge in [0.05, 0.1) is 5.92 Å². The number of piperidine rings is 1. The highest BCUT2D eigenvalue weighted by molar-refractivity contribution is 6.04. The Hall–Kier alpha value is -3.45. The van der Waals surface area contributed by atoms with E-state index in [0.29, 0.717) is 24.7 Å². The number of primary amides is 1. The summed E-state index contributed by atoms with van der Waals surface area (Å²) in [5.41, 5.74) is 8.28. The zero-order valence-electron chi connectivity index (χ0n) is 17.5. The molecule has 0 spiro atoms. The fourth-order valence-corrected chi connectivity index (χ4v) is 3.95. The van der Waals surface area contributed by atoms with Crippen molar-refractivity contribution < 1.29 is 14.0 Å². The minimum atomic E-state index is -0.315. The van der Waals surface area contributed by atoms with E-state index in [1.54, 1.807) is 6.92 Å². The zero-order valence-corrected chi connectivity index (χ0v) is 17.5. The van der Waals surface area contributed by atoms with E-state index >= 15 is 0 Å². The van der Waals surface area contributed by atoms with E-state index in [1.165, 1.54) is 0 Å². The molecule has 0 saturated carbocycles. The highest BCUT2D eigenvalue weighted by atomic mass is 16.4. The lowest BCUT2D eigenvalue weighted by Gasteiger charge is -2.31. The van der Waals surface area contributed by atoms with Crippen LogP contribution in [0.4, 0.5) is 5.69 Å². The van der Waals surface area contributed by atoms with Gasteiger partial charge in [-0.3, -0.25) is 14.5 Å². The molecule has 31 heavy (non-hydrogen) atoms. The summed E-state index contributed by atoms with van der Waals surface area (Å²) in [4.78, 5) is 31.2. The van der Waals surface area contributed by atoms with Gasteiger partial charge in [-0.05, 0) is 50.1 Å². The number of nitrogens with two attached hydrogens (primary N) is 1. The molecule has 2 amide bonds. The maximum Gasteiger partial charge on any atom is 0.277 e. The van der Waals surface area contributed by atoms with Crippen molar-refractivity contribution >= 4 is 17.5 Å². The number of oxazole rings is 1. The second-order valence-electron chi connectivity index (χ2n) is 7.88. The number of nitrogens with one attached hydrogen (secondary N) is 1. The Balaban J connectivity index is 1.50. The summed E-state index contributed by atoms with van der Waals surface area (Å²) in [6, 6.07) is 17.2. The van der Waals surface area contributed by atoms with Crippen LogP contribution in [0.1, 0.15) is 34.7 Å². The second-order valence-corrected chi connectivity index (χ2v) is 7.88. The van der Waals surface area contributed by atoms with Gasteiger partial charge in [0.15, 0.2) is 5.69 Å². The van der Waals surface area contributed by atoms with Crippen LogP contribution in [0, 0.1) is 12.8 Å². The lowest BCUT2D eigenvalue weighted by molar-refractivity contribution is -0.123. The smallest absolute Gasteiger partial charge is 0.277 e. The largest absolute Gasteiger partial charge is 0.441 e. The quantitative estimate of drug-likeness (QED) is 0.637. The number of benzene rings is 2. The van der Waals surface area contributed by atoms with Gasteiger partial charge in [-0.1, -0.05) is 36.4 Å². The summed E-state index contributed by atoms with van der Waals surface area (Å²) in [6.45, 7) is 3.90. The number of para-hydroxylation sites is 1. The highest BCUT2D eigenvalue weighted by Gasteiger charge is 2.25. The van der Waals surface area contributed by atoms with Gasteiger partial charge in [0, 0.05) is 24.3 Å². The van der Waals surface area contributed by atoms with Crippen LogP contribution in [0.2, 0.25) is 0 Å². The van der Waals surface area contributed by atoms with Gasteiger partial charge in [0.25, 0.3) is 5.91 Å². The fourth-order valence-electron chi connectivity index (χ4n) is 3.95. The van der Waals surface area contributed by atoms with Crippen LogP contribution in [0.15, 0.2) is 59.0 Å². The molecule has 0 radical (unpaired) electrons. The molecular weight excluding hydrogens is 392 g/mol. The summed E-state index contributed by atoms with van der Waals surface area (Å²) < 4.78 is 5.72. The van der Waals surface area contributed by atoms with E-state index in [0.717, 1.165) is 36.2 Å². The maximum absolute atomic E-state index is 13.0. The number of aryl methyl sites for hydroxylation is 1. The molecule has 1 aromatic heterocycles. The number of hydrogen-bond acceptors (Lipinski definition) is 5. The molecule has 1 saturated heterocycles. The third-order valence-electron chi connectivity index (χ3n) is 5.60. The molecule has 4 rings (SSSR count). The third-order valence-corrected chi connectivity index (χ3v) is 5.60. The summed E-state index contributed by atoms with van der Waals surface area (Å²) in [7, 11) is 0. The predicted molar refractivity (Wildman–Crippen MR) is 118 cm³/mol. The Kier molecular flexibility index (Phi) is 6.13. The molecule has 1 unspecified atom stereocenters. The molecule has 1 fully saturated rings. The minimum Gasteiger partial charge on any atom is -0.441 e. The van der Waals surface area contributed by atoms with Crippen molar-refractivity contribution in [3.05, 3.63) is 71.6 Å². The number of carbonyl (C=O) groups excluding carboxylic acids is 2. The van der Waals surface area contributed by atoms with E-state index in [2.05, 4.69) is 15.2 Å². The van der Waals surface area contributed by atoms with Crippen molar-refractivity contribution in [1.82, 2.24) is 9.88 Å². The van der Waals surface area contributed by atoms with Gasteiger partial charge in [0.2, 0.25) is 11.8 Å². The highest BCUT2D eigenvalue weighted by Crippen LogP contribution is 2.25. The zero-order chi connectivity index (χ0) is 21.8. The molecule has 7 heteroatoms. The average Bonchev–Trinajstić information content (AvgIpc) is 3.18. The van der Waals surface area contributed by atoms with Crippen molar-refractivity contribution in [3.63, 3.8) is 0 Å². The standard InChI is InChI=1S/C24H26N4O3/c1-16-21(27-24(31-16)17-8-3-2-4-9-17)23(30)26-20-12-6-5-10-18(20)14-28-13-7-11-19(15-28)22(25)29/h2-6,8-10,12,19H,7,11,13-15H2,1H3,(H2,25,29)(H,26,30). The molecule has 1 aliphatic heterocycles. The van der Waals surface area contributed by atoms with Crippen molar-refractivity contribution in [2.24, 2.45) is 11.7 Å². The first-order chi connectivity index (χ1) is 15.0. The Labute approximate surface area is 181 Å². The molecule has 160 valence electrons. The Morgan fingerprint density at radius 3 is 2.68 bits per heavy atom. The van der Waals surface area contributed by atoms with Crippen molar-refractivity contribution in [1.29, 1.82) is 0 Å². The summed E-state index contributed by atoms with van der Waals surface area (Å²) in [6.07, 6.45) is 1.77. The molecule has 1 atom stereocenters. The number of hydrogen-bond donors (Lipinski definition) is 2. The van der Waals surface area contributed by atoms with Crippen LogP contribution in [-0.2, 0) is 11.3 Å². The van der Waals surface area contributed by atoms with Crippen molar-refractivity contribution in [2.45, 2.75) is 26.3 Å². The molecule has 3 aromatic rings. The maximum atomic E-state index is 13.0. The van der Waals surface area contributed by atoms with Gasteiger partial charge in [-0.15, -0.1) is 0 Å². The average molecular weight is 418 g/mol. The summed E-state index contributed by atoms with van der Waals surface area (Å²) in [5, 5.41) is 2.98. The molecule has 0 bridgehead atoms. The van der Waals surface area contributed by atoms with E-state index in [9.17, 15) is 9.59 Å². The van der Waals surface area contributed by atoms with Gasteiger partial charge >= 0.3 is 0 Å². The van der Waals surface area contributed by atoms with Gasteiger partial charge in [-0.2, -0.15) is 0 Å². The third kappa shape index (κ3) is 4.83. The molecule has 2 heterocycles. The fraction of sp³-hybridized carbons (Fsp3) is 0.292. The van der Waals surface area contributed by atoms with Crippen LogP contribution < -0.4 is 11.1 Å². The normalized spacial score (nSPS) is 16.7. The lowest BCUT2D eigenvalue weighted by atomic mass is 9.97. The first-order valence-corrected chi connectivity index (χ1v) is 10.4. The first kappa shape index (κ1) is 20.8. The number of aromatic nitrogens is 1. The number of nitrogens with zero attached hydrogens (tertiary/aromatic N) is 2. The van der Waals surface area contributed by atoms with Crippen molar-refractivity contribution in [3.8, 4) is 11.5 Å². The van der Waals surface area contributed by atoms with Crippen LogP contribution in [0.5, 0.6) is 0 Å². The molecule has 0 aliphatic carbocycles. The Morgan fingerprint density at radius 2 is 1.90 bits per heavy atom. The number of anilines is 1. The molecule has 3 N–H and O–H groups in total. The van der Waals surface area contributed by atoms with Gasteiger partial charge in [-0.25, -0.2) is 4.98 Å². The van der Waals surface area contributed by atoms with Crippen molar-refractivity contribution in [2.75, 3.05) is 18.4 Å². The number of carbonyl (C=O) groups is 2. The predicted octanol–water partition coefficient (Wildman–Crippen LogP) is 3.60. The van der Waals surface area contributed by atoms with E-state index < -0.39 is 0 Å². The topological polar surface area (TPSA) is 101 Å². The van der Waals surface area contributed by atoms with Gasteiger partial charge in [0.1, 0.15) is 5.76 Å². The first-order valence-electron chi connectivity index (χ1n) is 10.4. The van der Waals surface area contributed by atoms with Crippen LogP contribution in [0.25, 0.3) is 11.5 Å². The molecule has 2 aromatic carbocycles. The summed E-state index contributed by atoms with van der Waals surface area (Å²) in [5.74, 6) is 0.202. The van der Waals surface area contributed by atoms with E-state index in [-0.39, 0.29) is 23.4 Å². The second kappa shape index (κ2) is 9.14. The molecular formula is C24H26N4O3. The lowest BCUT2D eigenvalue weighted by Crippen LogP contribution is -2.40. The van der Waals surface area contributed by atoms with Crippen LogP contribution >= 0.6 is 0 Å². The minimum absolute atomic E-state index is 0.121. The monoisotopic (exact) mass is 418 g/mol. The van der Waals surface area contributed by atoms with E-state index in [4.69, 9.17) is 10.2 Å². The van der Waals surface area contributed by atoms with Gasteiger partial charge < -0.3 is 15.5 Å². The summed E-state index contributed by atoms with van der Waals surface area (Å²) >= 11 is 0. The Bertz CT molecular complexity index is 1080.